The number of esters is 1. The molecular weight excluding hydrogens is 438 g/mol. The first-order valence-corrected chi connectivity index (χ1v) is 11.0. The van der Waals surface area contributed by atoms with E-state index in [0.29, 0.717) is 35.4 Å². The fourth-order valence-electron chi connectivity index (χ4n) is 6.14. The number of carbonyl (C=O) groups excluding carboxylic acids is 2. The molecular formula is C22H28BrNO5. The van der Waals surface area contributed by atoms with Crippen LogP contribution in [0.3, 0.4) is 0 Å². The summed E-state index contributed by atoms with van der Waals surface area (Å²) in [7, 11) is 3.08. The monoisotopic (exact) mass is 465 g/mol. The Labute approximate surface area is 179 Å². The zero-order chi connectivity index (χ0) is 20.6. The van der Waals surface area contributed by atoms with Crippen molar-refractivity contribution in [1.29, 1.82) is 0 Å². The summed E-state index contributed by atoms with van der Waals surface area (Å²) in [4.78, 5) is 24.9. The van der Waals surface area contributed by atoms with Crippen LogP contribution in [0.25, 0.3) is 0 Å². The average Bonchev–Trinajstić information content (AvgIpc) is 2.64. The van der Waals surface area contributed by atoms with Crippen molar-refractivity contribution in [3.05, 3.63) is 18.2 Å². The molecule has 1 N–H and O–H groups in total. The number of hydrogen-bond acceptors (Lipinski definition) is 5. The van der Waals surface area contributed by atoms with Crippen LogP contribution in [0.1, 0.15) is 44.9 Å². The Hall–Kier alpha value is -1.76. The highest BCUT2D eigenvalue weighted by atomic mass is 79.9. The molecule has 6 nitrogen and oxygen atoms in total. The van der Waals surface area contributed by atoms with Crippen molar-refractivity contribution in [3.8, 4) is 11.5 Å². The summed E-state index contributed by atoms with van der Waals surface area (Å²) in [6.07, 6.45) is 7.42. The van der Waals surface area contributed by atoms with Crippen LogP contribution in [0.2, 0.25) is 0 Å². The van der Waals surface area contributed by atoms with Gasteiger partial charge >= 0.3 is 5.97 Å². The van der Waals surface area contributed by atoms with E-state index in [4.69, 9.17) is 14.2 Å². The normalized spacial score (nSPS) is 32.0. The third kappa shape index (κ3) is 4.39. The number of alkyl halides is 1. The molecule has 1 aromatic rings. The number of ether oxygens (including phenoxy) is 3. The molecule has 4 fully saturated rings. The summed E-state index contributed by atoms with van der Waals surface area (Å²) in [5.74, 6) is 1.87. The molecule has 4 aliphatic rings. The van der Waals surface area contributed by atoms with Crippen LogP contribution in [-0.2, 0) is 14.3 Å². The first-order chi connectivity index (χ1) is 13.8. The molecule has 0 heterocycles. The zero-order valence-corrected chi connectivity index (χ0v) is 18.5. The number of halogens is 1. The average molecular weight is 466 g/mol. The first-order valence-electron chi connectivity index (χ1n) is 10.2. The van der Waals surface area contributed by atoms with Crippen LogP contribution >= 0.6 is 15.9 Å². The second kappa shape index (κ2) is 7.82. The Morgan fingerprint density at radius 2 is 1.86 bits per heavy atom. The van der Waals surface area contributed by atoms with Crippen LogP contribution in [0.5, 0.6) is 11.5 Å². The van der Waals surface area contributed by atoms with Gasteiger partial charge in [-0.1, -0.05) is 15.9 Å². The number of amides is 1. The van der Waals surface area contributed by atoms with Crippen LogP contribution < -0.4 is 14.8 Å². The van der Waals surface area contributed by atoms with Gasteiger partial charge in [0.25, 0.3) is 5.91 Å². The molecule has 158 valence electrons. The molecule has 4 saturated carbocycles. The Bertz CT molecular complexity index is 796. The predicted octanol–water partition coefficient (Wildman–Crippen LogP) is 4.31. The van der Waals surface area contributed by atoms with Crippen molar-refractivity contribution in [3.63, 3.8) is 0 Å². The largest absolute Gasteiger partial charge is 0.497 e. The molecule has 4 bridgehead atoms. The van der Waals surface area contributed by atoms with Crippen LogP contribution in [0, 0.1) is 17.3 Å². The Morgan fingerprint density at radius 3 is 2.48 bits per heavy atom. The molecule has 0 aromatic heterocycles. The van der Waals surface area contributed by atoms with Crippen molar-refractivity contribution in [2.24, 2.45) is 17.3 Å². The van der Waals surface area contributed by atoms with Gasteiger partial charge in [0, 0.05) is 10.4 Å². The molecule has 2 unspecified atom stereocenters. The highest BCUT2D eigenvalue weighted by molar-refractivity contribution is 9.10. The molecule has 4 aliphatic carbocycles. The molecule has 0 saturated heterocycles. The smallest absolute Gasteiger partial charge is 0.306 e. The summed E-state index contributed by atoms with van der Waals surface area (Å²) in [5, 5.41) is 2.73. The van der Waals surface area contributed by atoms with E-state index < -0.39 is 5.91 Å². The van der Waals surface area contributed by atoms with Gasteiger partial charge in [-0.25, -0.2) is 0 Å². The van der Waals surface area contributed by atoms with Crippen molar-refractivity contribution in [2.75, 3.05) is 26.1 Å². The number of anilines is 1. The molecule has 1 aromatic carbocycles. The lowest BCUT2D eigenvalue weighted by atomic mass is 9.49. The maximum atomic E-state index is 12.6. The molecule has 1 amide bonds. The Morgan fingerprint density at radius 1 is 1.14 bits per heavy atom. The number of hydrogen-bond donors (Lipinski definition) is 1. The van der Waals surface area contributed by atoms with Gasteiger partial charge in [-0.3, -0.25) is 9.59 Å². The molecule has 7 heteroatoms. The topological polar surface area (TPSA) is 73.9 Å². The molecule has 0 radical (unpaired) electrons. The highest BCUT2D eigenvalue weighted by Gasteiger charge is 2.57. The number of nitrogens with one attached hydrogen (secondary N) is 1. The van der Waals surface area contributed by atoms with Crippen molar-refractivity contribution in [2.45, 2.75) is 49.3 Å². The second-order valence-electron chi connectivity index (χ2n) is 9.06. The van der Waals surface area contributed by atoms with Gasteiger partial charge in [-0.15, -0.1) is 0 Å². The summed E-state index contributed by atoms with van der Waals surface area (Å²) >= 11 is 3.97. The standard InChI is InChI=1S/C22H28BrNO5/c1-27-16-3-4-18(28-2)17(6-16)24-19(25)12-29-20(26)11-21-7-14-5-15(8-21)10-22(23,9-14)13-21/h3-4,6,14-15H,5,7-13H2,1-2H3,(H,24,25). The SMILES string of the molecule is COc1ccc(OC)c(NC(=O)COC(=O)CC23CC4CC(CC(Br)(C4)C2)C3)c1. The highest BCUT2D eigenvalue weighted by Crippen LogP contribution is 2.65. The first kappa shape index (κ1) is 20.5. The maximum absolute atomic E-state index is 12.6. The second-order valence-corrected chi connectivity index (χ2v) is 10.7. The Kier molecular flexibility index (Phi) is 5.53. The quantitative estimate of drug-likeness (QED) is 0.479. The van der Waals surface area contributed by atoms with Gasteiger partial charge in [0.2, 0.25) is 0 Å². The van der Waals surface area contributed by atoms with E-state index in [1.807, 2.05) is 0 Å². The van der Waals surface area contributed by atoms with Crippen molar-refractivity contribution < 1.29 is 23.8 Å². The van der Waals surface area contributed by atoms with Gasteiger partial charge in [-0.2, -0.15) is 0 Å². The number of benzene rings is 1. The minimum Gasteiger partial charge on any atom is -0.497 e. The number of rotatable bonds is 7. The van der Waals surface area contributed by atoms with E-state index in [0.717, 1.165) is 19.3 Å². The molecule has 2 atom stereocenters. The van der Waals surface area contributed by atoms with E-state index in [2.05, 4.69) is 21.2 Å². The van der Waals surface area contributed by atoms with E-state index in [1.165, 1.54) is 26.4 Å². The van der Waals surface area contributed by atoms with Crippen LogP contribution in [0.4, 0.5) is 5.69 Å². The molecule has 0 spiro atoms. The Balaban J connectivity index is 1.32. The molecule has 5 rings (SSSR count). The third-order valence-electron chi connectivity index (χ3n) is 6.68. The van der Waals surface area contributed by atoms with Crippen LogP contribution in [-0.4, -0.2) is 37.0 Å². The number of carbonyl (C=O) groups is 2. The van der Waals surface area contributed by atoms with E-state index in [1.54, 1.807) is 25.3 Å². The van der Waals surface area contributed by atoms with Crippen molar-refractivity contribution >= 4 is 33.5 Å². The number of methoxy groups -OCH3 is 2. The van der Waals surface area contributed by atoms with Gasteiger partial charge in [0.1, 0.15) is 11.5 Å². The molecule has 0 aliphatic heterocycles. The minimum absolute atomic E-state index is 0.0388. The van der Waals surface area contributed by atoms with Gasteiger partial charge in [0.15, 0.2) is 6.61 Å². The summed E-state index contributed by atoms with van der Waals surface area (Å²) in [5.41, 5.74) is 0.521. The van der Waals surface area contributed by atoms with Crippen molar-refractivity contribution in [1.82, 2.24) is 0 Å². The van der Waals surface area contributed by atoms with Crippen LogP contribution in [0.15, 0.2) is 18.2 Å². The predicted molar refractivity (Wildman–Crippen MR) is 113 cm³/mol. The fraction of sp³-hybridized carbons (Fsp3) is 0.636. The molecule has 29 heavy (non-hydrogen) atoms. The zero-order valence-electron chi connectivity index (χ0n) is 17.0. The lowest BCUT2D eigenvalue weighted by Crippen LogP contribution is -2.53. The van der Waals surface area contributed by atoms with E-state index in [-0.39, 0.29) is 22.3 Å². The van der Waals surface area contributed by atoms with Gasteiger partial charge in [-0.05, 0) is 67.9 Å². The summed E-state index contributed by atoms with van der Waals surface area (Å²) < 4.78 is 16.0. The van der Waals surface area contributed by atoms with E-state index >= 15 is 0 Å². The van der Waals surface area contributed by atoms with Gasteiger partial charge < -0.3 is 19.5 Å². The third-order valence-corrected chi connectivity index (χ3v) is 7.60. The lowest BCUT2D eigenvalue weighted by Gasteiger charge is -2.60. The fourth-order valence-corrected chi connectivity index (χ4v) is 7.65. The maximum Gasteiger partial charge on any atom is 0.306 e. The summed E-state index contributed by atoms with van der Waals surface area (Å²) in [6, 6.07) is 5.13. The summed E-state index contributed by atoms with van der Waals surface area (Å²) in [6.45, 7) is -0.304. The minimum atomic E-state index is -0.396. The van der Waals surface area contributed by atoms with Gasteiger partial charge in [0.05, 0.1) is 26.3 Å². The lowest BCUT2D eigenvalue weighted by molar-refractivity contribution is -0.153. The van der Waals surface area contributed by atoms with E-state index in [9.17, 15) is 9.59 Å².